The Hall–Kier alpha value is -0.900. The summed E-state index contributed by atoms with van der Waals surface area (Å²) < 4.78 is 15.9. The maximum Gasteiger partial charge on any atom is 0.193 e. The number of hydrogen-bond donors (Lipinski definition) is 1. The molecule has 0 amide bonds. The number of halogens is 1. The van der Waals surface area contributed by atoms with Crippen molar-refractivity contribution in [3.8, 4) is 0 Å². The fourth-order valence-corrected chi connectivity index (χ4v) is 3.06. The Bertz CT molecular complexity index is 543. The van der Waals surface area contributed by atoms with Crippen molar-refractivity contribution in [2.45, 2.75) is 19.6 Å². The number of nitrogens with one attached hydrogen (secondary N) is 1. The molecule has 1 atom stereocenters. The number of guanidine groups is 1. The van der Waals surface area contributed by atoms with Crippen LogP contribution < -0.4 is 5.32 Å². The van der Waals surface area contributed by atoms with E-state index in [1.165, 1.54) is 11.1 Å². The van der Waals surface area contributed by atoms with E-state index in [9.17, 15) is 0 Å². The molecule has 1 heterocycles. The van der Waals surface area contributed by atoms with Gasteiger partial charge >= 0.3 is 0 Å². The highest BCUT2D eigenvalue weighted by atomic mass is 127. The second kappa shape index (κ2) is 13.3. The standard InChI is InChI=1S/C19H31N3O3.HI/c1-20-19(21-12-16-5-4-6-17(11-16)14-24-3)22-8-7-18(13-22)15-25-10-9-23-2;/h4-6,11,18H,7-10,12-15H2,1-3H3,(H,20,21);1H. The zero-order chi connectivity index (χ0) is 17.9. The van der Waals surface area contributed by atoms with E-state index in [1.807, 2.05) is 7.05 Å². The topological polar surface area (TPSA) is 55.3 Å². The number of nitrogens with zero attached hydrogens (tertiary/aromatic N) is 2. The van der Waals surface area contributed by atoms with Gasteiger partial charge in [0.15, 0.2) is 5.96 Å². The molecule has 0 saturated carbocycles. The molecule has 2 rings (SSSR count). The monoisotopic (exact) mass is 477 g/mol. The van der Waals surface area contributed by atoms with E-state index in [4.69, 9.17) is 14.2 Å². The van der Waals surface area contributed by atoms with Crippen molar-refractivity contribution < 1.29 is 14.2 Å². The second-order valence-electron chi connectivity index (χ2n) is 6.32. The summed E-state index contributed by atoms with van der Waals surface area (Å²) in [7, 11) is 5.25. The first kappa shape index (κ1) is 23.1. The number of ether oxygens (including phenoxy) is 3. The van der Waals surface area contributed by atoms with Gasteiger partial charge in [0.05, 0.1) is 26.4 Å². The first-order chi connectivity index (χ1) is 12.3. The van der Waals surface area contributed by atoms with E-state index in [1.54, 1.807) is 14.2 Å². The van der Waals surface area contributed by atoms with Gasteiger partial charge in [-0.25, -0.2) is 0 Å². The van der Waals surface area contributed by atoms with Crippen LogP contribution in [0.15, 0.2) is 29.3 Å². The Labute approximate surface area is 174 Å². The smallest absolute Gasteiger partial charge is 0.193 e. The Morgan fingerprint density at radius 2 is 2.04 bits per heavy atom. The van der Waals surface area contributed by atoms with Gasteiger partial charge in [-0.3, -0.25) is 4.99 Å². The molecule has 26 heavy (non-hydrogen) atoms. The summed E-state index contributed by atoms with van der Waals surface area (Å²) in [5, 5.41) is 3.47. The lowest BCUT2D eigenvalue weighted by atomic mass is 10.1. The van der Waals surface area contributed by atoms with E-state index in [0.717, 1.165) is 38.6 Å². The number of methoxy groups -OCH3 is 2. The normalized spacial score (nSPS) is 17.3. The highest BCUT2D eigenvalue weighted by Gasteiger charge is 2.24. The summed E-state index contributed by atoms with van der Waals surface area (Å²) in [5.41, 5.74) is 2.42. The van der Waals surface area contributed by atoms with E-state index in [0.29, 0.717) is 25.7 Å². The molecular weight excluding hydrogens is 445 g/mol. The van der Waals surface area contributed by atoms with Gasteiger partial charge in [0.25, 0.3) is 0 Å². The molecule has 1 aliphatic rings. The van der Waals surface area contributed by atoms with Gasteiger partial charge in [0, 0.05) is 46.8 Å². The lowest BCUT2D eigenvalue weighted by Gasteiger charge is -2.22. The maximum atomic E-state index is 5.66. The fourth-order valence-electron chi connectivity index (χ4n) is 3.06. The molecule has 0 spiro atoms. The Kier molecular flexibility index (Phi) is 11.8. The van der Waals surface area contributed by atoms with Gasteiger partial charge in [-0.2, -0.15) is 0 Å². The number of aliphatic imine (C=N–C) groups is 1. The summed E-state index contributed by atoms with van der Waals surface area (Å²) in [6.45, 7) is 5.50. The van der Waals surface area contributed by atoms with Crippen molar-refractivity contribution >= 4 is 29.9 Å². The average molecular weight is 477 g/mol. The molecule has 0 aliphatic carbocycles. The fraction of sp³-hybridized carbons (Fsp3) is 0.632. The van der Waals surface area contributed by atoms with Crippen LogP contribution in [-0.2, 0) is 27.4 Å². The SMILES string of the molecule is CN=C(NCc1cccc(COC)c1)N1CCC(COCCOC)C1.I. The number of hydrogen-bond acceptors (Lipinski definition) is 4. The number of likely N-dealkylation sites (tertiary alicyclic amines) is 1. The van der Waals surface area contributed by atoms with E-state index >= 15 is 0 Å². The molecule has 1 N–H and O–H groups in total. The lowest BCUT2D eigenvalue weighted by Crippen LogP contribution is -2.39. The van der Waals surface area contributed by atoms with Crippen molar-refractivity contribution in [1.29, 1.82) is 0 Å². The van der Waals surface area contributed by atoms with Gasteiger partial charge in [-0.1, -0.05) is 24.3 Å². The molecule has 1 fully saturated rings. The molecule has 7 heteroatoms. The van der Waals surface area contributed by atoms with Crippen LogP contribution in [0.3, 0.4) is 0 Å². The largest absolute Gasteiger partial charge is 0.382 e. The zero-order valence-electron chi connectivity index (χ0n) is 16.1. The molecule has 1 saturated heterocycles. The summed E-state index contributed by atoms with van der Waals surface area (Å²) in [4.78, 5) is 6.74. The number of rotatable bonds is 9. The van der Waals surface area contributed by atoms with Crippen LogP contribution in [0.25, 0.3) is 0 Å². The predicted octanol–water partition coefficient (Wildman–Crippen LogP) is 2.51. The summed E-state index contributed by atoms with van der Waals surface area (Å²) >= 11 is 0. The second-order valence-corrected chi connectivity index (χ2v) is 6.32. The molecular formula is C19H32IN3O3. The Morgan fingerprint density at radius 3 is 2.77 bits per heavy atom. The quantitative estimate of drug-likeness (QED) is 0.257. The van der Waals surface area contributed by atoms with Crippen LogP contribution >= 0.6 is 24.0 Å². The van der Waals surface area contributed by atoms with Gasteiger partial charge in [-0.15, -0.1) is 24.0 Å². The minimum absolute atomic E-state index is 0. The third-order valence-electron chi connectivity index (χ3n) is 4.34. The average Bonchev–Trinajstić information content (AvgIpc) is 3.09. The lowest BCUT2D eigenvalue weighted by molar-refractivity contribution is 0.0536. The van der Waals surface area contributed by atoms with Crippen LogP contribution in [0.5, 0.6) is 0 Å². The van der Waals surface area contributed by atoms with Crippen molar-refractivity contribution in [2.75, 3.05) is 54.2 Å². The van der Waals surface area contributed by atoms with Gasteiger partial charge in [0.2, 0.25) is 0 Å². The Balaban J connectivity index is 0.00000338. The van der Waals surface area contributed by atoms with E-state index in [-0.39, 0.29) is 24.0 Å². The molecule has 1 aromatic carbocycles. The number of benzene rings is 1. The van der Waals surface area contributed by atoms with Gasteiger partial charge in [0.1, 0.15) is 0 Å². The molecule has 1 aromatic rings. The maximum absolute atomic E-state index is 5.66. The van der Waals surface area contributed by atoms with Crippen molar-refractivity contribution in [2.24, 2.45) is 10.9 Å². The zero-order valence-corrected chi connectivity index (χ0v) is 18.4. The summed E-state index contributed by atoms with van der Waals surface area (Å²) in [6.07, 6.45) is 1.14. The first-order valence-corrected chi connectivity index (χ1v) is 8.85. The first-order valence-electron chi connectivity index (χ1n) is 8.85. The van der Waals surface area contributed by atoms with Crippen LogP contribution in [0.1, 0.15) is 17.5 Å². The van der Waals surface area contributed by atoms with Crippen LogP contribution in [-0.4, -0.2) is 65.0 Å². The third-order valence-corrected chi connectivity index (χ3v) is 4.34. The summed E-state index contributed by atoms with van der Waals surface area (Å²) in [5.74, 6) is 1.51. The van der Waals surface area contributed by atoms with E-state index in [2.05, 4.69) is 39.5 Å². The molecule has 0 bridgehead atoms. The van der Waals surface area contributed by atoms with E-state index < -0.39 is 0 Å². The molecule has 0 aromatic heterocycles. The van der Waals surface area contributed by atoms with Gasteiger partial charge in [-0.05, 0) is 17.5 Å². The molecule has 1 aliphatic heterocycles. The van der Waals surface area contributed by atoms with Crippen LogP contribution in [0.2, 0.25) is 0 Å². The summed E-state index contributed by atoms with van der Waals surface area (Å²) in [6, 6.07) is 8.43. The molecule has 148 valence electrons. The molecule has 0 radical (unpaired) electrons. The minimum Gasteiger partial charge on any atom is -0.382 e. The Morgan fingerprint density at radius 1 is 1.23 bits per heavy atom. The van der Waals surface area contributed by atoms with Crippen LogP contribution in [0, 0.1) is 5.92 Å². The molecule has 6 nitrogen and oxygen atoms in total. The third kappa shape index (κ3) is 7.77. The van der Waals surface area contributed by atoms with Gasteiger partial charge < -0.3 is 24.4 Å². The van der Waals surface area contributed by atoms with Crippen LogP contribution in [0.4, 0.5) is 0 Å². The van der Waals surface area contributed by atoms with Crippen molar-refractivity contribution in [1.82, 2.24) is 10.2 Å². The van der Waals surface area contributed by atoms with Crippen molar-refractivity contribution in [3.05, 3.63) is 35.4 Å². The van der Waals surface area contributed by atoms with Crippen molar-refractivity contribution in [3.63, 3.8) is 0 Å². The predicted molar refractivity (Wildman–Crippen MR) is 115 cm³/mol. The highest BCUT2D eigenvalue weighted by Crippen LogP contribution is 2.17. The molecule has 1 unspecified atom stereocenters. The minimum atomic E-state index is 0. The highest BCUT2D eigenvalue weighted by molar-refractivity contribution is 14.0.